The van der Waals surface area contributed by atoms with Crippen LogP contribution in [0, 0.1) is 11.3 Å². The largest absolute Gasteiger partial charge is 0.377 e. The zero-order valence-corrected chi connectivity index (χ0v) is 13.8. The number of fused-ring (bicyclic) bond motifs is 2. The van der Waals surface area contributed by atoms with Crippen LogP contribution in [-0.4, -0.2) is 42.9 Å². The highest BCUT2D eigenvalue weighted by atomic mass is 16.5. The maximum Gasteiger partial charge on any atom is 0.128 e. The fourth-order valence-electron chi connectivity index (χ4n) is 5.56. The van der Waals surface area contributed by atoms with E-state index in [4.69, 9.17) is 4.74 Å². The van der Waals surface area contributed by atoms with Crippen molar-refractivity contribution in [2.24, 2.45) is 11.3 Å². The third-order valence-corrected chi connectivity index (χ3v) is 6.92. The second-order valence-electron chi connectivity index (χ2n) is 7.92. The molecule has 124 valence electrons. The number of hydrogen-bond acceptors (Lipinski definition) is 4. The first-order valence-corrected chi connectivity index (χ1v) is 9.40. The highest BCUT2D eigenvalue weighted by Crippen LogP contribution is 2.62. The van der Waals surface area contributed by atoms with Crippen LogP contribution in [0.25, 0.3) is 0 Å². The summed E-state index contributed by atoms with van der Waals surface area (Å²) in [4.78, 5) is 6.92. The SMILES string of the molecule is c1ccc(N2CCC(N[C@@H]3[C@@H]4CCO[C@H]4C34CCC4)CC2)nc1. The predicted octanol–water partition coefficient (Wildman–Crippen LogP) is 2.60. The fourth-order valence-corrected chi connectivity index (χ4v) is 5.56. The van der Waals surface area contributed by atoms with Crippen LogP contribution in [0.2, 0.25) is 0 Å². The van der Waals surface area contributed by atoms with Gasteiger partial charge in [0, 0.05) is 49.3 Å². The van der Waals surface area contributed by atoms with Crippen molar-refractivity contribution in [3.63, 3.8) is 0 Å². The van der Waals surface area contributed by atoms with Crippen molar-refractivity contribution in [3.05, 3.63) is 24.4 Å². The summed E-state index contributed by atoms with van der Waals surface area (Å²) >= 11 is 0. The van der Waals surface area contributed by atoms with Gasteiger partial charge < -0.3 is 15.0 Å². The first kappa shape index (κ1) is 14.2. The van der Waals surface area contributed by atoms with Crippen LogP contribution >= 0.6 is 0 Å². The van der Waals surface area contributed by atoms with E-state index in [9.17, 15) is 0 Å². The number of nitrogens with one attached hydrogen (secondary N) is 1. The van der Waals surface area contributed by atoms with Crippen LogP contribution in [-0.2, 0) is 4.74 Å². The molecule has 23 heavy (non-hydrogen) atoms. The van der Waals surface area contributed by atoms with Crippen LogP contribution in [0.4, 0.5) is 5.82 Å². The molecule has 4 nitrogen and oxygen atoms in total. The Balaban J connectivity index is 1.20. The van der Waals surface area contributed by atoms with E-state index in [1.165, 1.54) is 38.5 Å². The maximum atomic E-state index is 6.05. The van der Waals surface area contributed by atoms with Crippen LogP contribution < -0.4 is 10.2 Å². The Morgan fingerprint density at radius 1 is 1.17 bits per heavy atom. The lowest BCUT2D eigenvalue weighted by Crippen LogP contribution is -2.72. The van der Waals surface area contributed by atoms with Crippen molar-refractivity contribution in [2.45, 2.75) is 56.7 Å². The van der Waals surface area contributed by atoms with E-state index in [0.29, 0.717) is 17.6 Å². The molecule has 0 bridgehead atoms. The van der Waals surface area contributed by atoms with Gasteiger partial charge in [-0.1, -0.05) is 12.5 Å². The zero-order chi connectivity index (χ0) is 15.3. The molecule has 1 aromatic heterocycles. The van der Waals surface area contributed by atoms with Gasteiger partial charge >= 0.3 is 0 Å². The van der Waals surface area contributed by atoms with Gasteiger partial charge in [0.05, 0.1) is 6.10 Å². The molecule has 4 fully saturated rings. The summed E-state index contributed by atoms with van der Waals surface area (Å²) in [5.41, 5.74) is 0.513. The van der Waals surface area contributed by atoms with E-state index in [2.05, 4.69) is 27.3 Å². The van der Waals surface area contributed by atoms with Crippen molar-refractivity contribution in [1.29, 1.82) is 0 Å². The van der Waals surface area contributed by atoms with Gasteiger partial charge in [0.1, 0.15) is 5.82 Å². The topological polar surface area (TPSA) is 37.4 Å². The molecular weight excluding hydrogens is 286 g/mol. The van der Waals surface area contributed by atoms with E-state index >= 15 is 0 Å². The molecule has 0 unspecified atom stereocenters. The standard InChI is InChI=1S/C19H27N3O/c1-2-10-20-16(4-1)22-11-5-14(6-12-22)21-17-15-7-13-23-18(15)19(17)8-3-9-19/h1-2,4,10,14-15,17-18,21H,3,5-9,11-13H2/t15-,17+,18+/m0/s1. The quantitative estimate of drug-likeness (QED) is 0.931. The average molecular weight is 313 g/mol. The van der Waals surface area contributed by atoms with Gasteiger partial charge in [-0.2, -0.15) is 0 Å². The number of rotatable bonds is 3. The summed E-state index contributed by atoms with van der Waals surface area (Å²) in [5.74, 6) is 1.93. The Labute approximate surface area is 138 Å². The summed E-state index contributed by atoms with van der Waals surface area (Å²) < 4.78 is 6.05. The minimum absolute atomic E-state index is 0.513. The van der Waals surface area contributed by atoms with Crippen molar-refractivity contribution in [3.8, 4) is 0 Å². The molecule has 0 radical (unpaired) electrons. The number of ether oxygens (including phenoxy) is 1. The van der Waals surface area contributed by atoms with Crippen LogP contribution in [0.1, 0.15) is 38.5 Å². The van der Waals surface area contributed by atoms with Gasteiger partial charge in [-0.25, -0.2) is 4.98 Å². The maximum absolute atomic E-state index is 6.05. The number of aromatic nitrogens is 1. The number of piperidine rings is 1. The number of hydrogen-bond donors (Lipinski definition) is 1. The molecule has 2 saturated carbocycles. The molecule has 2 aliphatic heterocycles. The lowest BCUT2D eigenvalue weighted by molar-refractivity contribution is -0.178. The van der Waals surface area contributed by atoms with Gasteiger partial charge in [-0.15, -0.1) is 0 Å². The van der Waals surface area contributed by atoms with Crippen LogP contribution in [0.5, 0.6) is 0 Å². The van der Waals surface area contributed by atoms with Crippen LogP contribution in [0.3, 0.4) is 0 Å². The van der Waals surface area contributed by atoms with Gasteiger partial charge in [-0.05, 0) is 44.2 Å². The molecule has 4 aliphatic rings. The Morgan fingerprint density at radius 3 is 2.74 bits per heavy atom. The first-order valence-electron chi connectivity index (χ1n) is 9.40. The number of anilines is 1. The molecule has 1 spiro atoms. The Hall–Kier alpha value is -1.13. The fraction of sp³-hybridized carbons (Fsp3) is 0.737. The smallest absolute Gasteiger partial charge is 0.128 e. The molecule has 1 N–H and O–H groups in total. The molecule has 4 heteroatoms. The molecule has 2 saturated heterocycles. The molecule has 2 aliphatic carbocycles. The third kappa shape index (κ3) is 2.14. The molecule has 3 heterocycles. The van der Waals surface area contributed by atoms with Gasteiger partial charge in [-0.3, -0.25) is 0 Å². The summed E-state index contributed by atoms with van der Waals surface area (Å²) in [6.45, 7) is 3.24. The van der Waals surface area contributed by atoms with E-state index in [0.717, 1.165) is 37.5 Å². The van der Waals surface area contributed by atoms with Gasteiger partial charge in [0.15, 0.2) is 0 Å². The Morgan fingerprint density at radius 2 is 2.04 bits per heavy atom. The Bertz CT molecular complexity index is 551. The van der Waals surface area contributed by atoms with Crippen molar-refractivity contribution >= 4 is 5.82 Å². The molecular formula is C19H27N3O. The molecule has 0 amide bonds. The van der Waals surface area contributed by atoms with E-state index in [-0.39, 0.29) is 0 Å². The molecule has 5 rings (SSSR count). The second-order valence-corrected chi connectivity index (χ2v) is 7.92. The van der Waals surface area contributed by atoms with Crippen molar-refractivity contribution < 1.29 is 4.74 Å². The predicted molar refractivity (Wildman–Crippen MR) is 90.5 cm³/mol. The van der Waals surface area contributed by atoms with Crippen molar-refractivity contribution in [1.82, 2.24) is 10.3 Å². The first-order chi connectivity index (χ1) is 11.4. The minimum atomic E-state index is 0.513. The highest BCUT2D eigenvalue weighted by Gasteiger charge is 2.66. The highest BCUT2D eigenvalue weighted by molar-refractivity contribution is 5.38. The minimum Gasteiger partial charge on any atom is -0.377 e. The monoisotopic (exact) mass is 313 g/mol. The van der Waals surface area contributed by atoms with E-state index in [1.807, 2.05) is 12.3 Å². The van der Waals surface area contributed by atoms with Crippen molar-refractivity contribution in [2.75, 3.05) is 24.6 Å². The van der Waals surface area contributed by atoms with Gasteiger partial charge in [0.25, 0.3) is 0 Å². The molecule has 3 atom stereocenters. The summed E-state index contributed by atoms with van der Waals surface area (Å²) in [6.07, 6.45) is 10.4. The summed E-state index contributed by atoms with van der Waals surface area (Å²) in [7, 11) is 0. The number of nitrogens with zero attached hydrogens (tertiary/aromatic N) is 2. The number of pyridine rings is 1. The second kappa shape index (κ2) is 5.45. The zero-order valence-electron chi connectivity index (χ0n) is 13.8. The normalized spacial score (nSPS) is 35.7. The lowest BCUT2D eigenvalue weighted by Gasteiger charge is -2.64. The third-order valence-electron chi connectivity index (χ3n) is 6.92. The lowest BCUT2D eigenvalue weighted by atomic mass is 9.46. The van der Waals surface area contributed by atoms with E-state index < -0.39 is 0 Å². The van der Waals surface area contributed by atoms with Crippen LogP contribution in [0.15, 0.2) is 24.4 Å². The Kier molecular flexibility index (Phi) is 3.37. The average Bonchev–Trinajstić information content (AvgIpc) is 2.98. The summed E-state index contributed by atoms with van der Waals surface area (Å²) in [6, 6.07) is 7.62. The summed E-state index contributed by atoms with van der Waals surface area (Å²) in [5, 5.41) is 4.06. The van der Waals surface area contributed by atoms with E-state index in [1.54, 1.807) is 0 Å². The molecule has 1 aromatic rings. The molecule has 0 aromatic carbocycles. The van der Waals surface area contributed by atoms with Gasteiger partial charge in [0.2, 0.25) is 0 Å².